The SMILES string of the molecule is COC(=O)c1c(F)cccc1-c1ccc(CNC(=O)C2CC2CONc2ccc(C#N)cc2)c(F)c1. The lowest BCUT2D eigenvalue weighted by atomic mass is 9.98. The van der Waals surface area contributed by atoms with Crippen LogP contribution in [0.15, 0.2) is 60.7 Å². The van der Waals surface area contributed by atoms with Gasteiger partial charge in [0.1, 0.15) is 17.2 Å². The Bertz CT molecular complexity index is 1320. The number of esters is 1. The molecule has 4 rings (SSSR count). The number of hydrogen-bond donors (Lipinski definition) is 2. The third kappa shape index (κ3) is 5.67. The van der Waals surface area contributed by atoms with Gasteiger partial charge in [-0.15, -0.1) is 0 Å². The van der Waals surface area contributed by atoms with Crippen molar-refractivity contribution in [3.05, 3.63) is 89.0 Å². The van der Waals surface area contributed by atoms with E-state index in [0.717, 1.165) is 13.2 Å². The fourth-order valence-corrected chi connectivity index (χ4v) is 3.84. The van der Waals surface area contributed by atoms with E-state index in [4.69, 9.17) is 10.1 Å². The van der Waals surface area contributed by atoms with Gasteiger partial charge in [-0.2, -0.15) is 5.26 Å². The first kappa shape index (κ1) is 24.8. The van der Waals surface area contributed by atoms with Crippen molar-refractivity contribution < 1.29 is 27.9 Å². The molecule has 9 heteroatoms. The maximum absolute atomic E-state index is 14.8. The lowest BCUT2D eigenvalue weighted by Crippen LogP contribution is -2.26. The fourth-order valence-electron chi connectivity index (χ4n) is 3.84. The number of rotatable bonds is 9. The summed E-state index contributed by atoms with van der Waals surface area (Å²) in [4.78, 5) is 29.9. The van der Waals surface area contributed by atoms with Crippen LogP contribution < -0.4 is 10.8 Å². The van der Waals surface area contributed by atoms with Gasteiger partial charge in [-0.25, -0.2) is 13.6 Å². The number of hydrogen-bond acceptors (Lipinski definition) is 6. The number of benzene rings is 3. The number of carbonyl (C=O) groups is 2. The van der Waals surface area contributed by atoms with Crippen molar-refractivity contribution in [2.75, 3.05) is 19.2 Å². The minimum Gasteiger partial charge on any atom is -0.465 e. The second-order valence-electron chi connectivity index (χ2n) is 8.38. The summed E-state index contributed by atoms with van der Waals surface area (Å²) >= 11 is 0. The molecule has 0 saturated heterocycles. The van der Waals surface area contributed by atoms with E-state index in [-0.39, 0.29) is 41.0 Å². The Morgan fingerprint density at radius 1 is 1.08 bits per heavy atom. The lowest BCUT2D eigenvalue weighted by molar-refractivity contribution is -0.122. The lowest BCUT2D eigenvalue weighted by Gasteiger charge is -2.11. The summed E-state index contributed by atoms with van der Waals surface area (Å²) in [5, 5.41) is 11.6. The molecule has 2 N–H and O–H groups in total. The number of nitrogens with zero attached hydrogens (tertiary/aromatic N) is 1. The van der Waals surface area contributed by atoms with Gasteiger partial charge in [0.05, 0.1) is 31.0 Å². The Morgan fingerprint density at radius 2 is 1.86 bits per heavy atom. The van der Waals surface area contributed by atoms with Crippen LogP contribution in [-0.2, 0) is 20.9 Å². The van der Waals surface area contributed by atoms with Crippen molar-refractivity contribution in [3.63, 3.8) is 0 Å². The third-order valence-electron chi connectivity index (χ3n) is 5.98. The molecule has 3 aromatic rings. The molecule has 2 unspecified atom stereocenters. The molecule has 2 atom stereocenters. The second kappa shape index (κ2) is 11.0. The first-order valence-corrected chi connectivity index (χ1v) is 11.2. The summed E-state index contributed by atoms with van der Waals surface area (Å²) in [6.45, 7) is 0.322. The van der Waals surface area contributed by atoms with E-state index >= 15 is 0 Å². The van der Waals surface area contributed by atoms with Crippen LogP contribution in [0.25, 0.3) is 11.1 Å². The molecule has 1 aliphatic carbocycles. The minimum absolute atomic E-state index is 0.00841. The van der Waals surface area contributed by atoms with E-state index < -0.39 is 17.6 Å². The molecule has 1 amide bonds. The van der Waals surface area contributed by atoms with Gasteiger partial charge in [0, 0.05) is 18.0 Å². The first-order valence-electron chi connectivity index (χ1n) is 11.2. The summed E-state index contributed by atoms with van der Waals surface area (Å²) in [7, 11) is 1.15. The summed E-state index contributed by atoms with van der Waals surface area (Å²) < 4.78 is 33.6. The van der Waals surface area contributed by atoms with Gasteiger partial charge in [0.2, 0.25) is 5.91 Å². The second-order valence-corrected chi connectivity index (χ2v) is 8.38. The van der Waals surface area contributed by atoms with Crippen LogP contribution in [0.3, 0.4) is 0 Å². The minimum atomic E-state index is -0.852. The van der Waals surface area contributed by atoms with E-state index in [1.54, 1.807) is 30.3 Å². The first-order chi connectivity index (χ1) is 17.4. The monoisotopic (exact) mass is 491 g/mol. The van der Waals surface area contributed by atoms with Crippen molar-refractivity contribution in [2.24, 2.45) is 11.8 Å². The number of nitriles is 1. The Labute approximate surface area is 206 Å². The average Bonchev–Trinajstić information content (AvgIpc) is 3.67. The number of carbonyl (C=O) groups excluding carboxylic acids is 2. The zero-order valence-corrected chi connectivity index (χ0v) is 19.4. The van der Waals surface area contributed by atoms with E-state index in [9.17, 15) is 18.4 Å². The zero-order valence-electron chi connectivity index (χ0n) is 19.4. The third-order valence-corrected chi connectivity index (χ3v) is 5.98. The summed E-state index contributed by atoms with van der Waals surface area (Å²) in [6.07, 6.45) is 0.665. The molecule has 3 aromatic carbocycles. The van der Waals surface area contributed by atoms with E-state index in [2.05, 4.69) is 15.5 Å². The summed E-state index contributed by atoms with van der Waals surface area (Å²) in [5.74, 6) is -2.56. The summed E-state index contributed by atoms with van der Waals surface area (Å²) in [5.41, 5.74) is 4.56. The van der Waals surface area contributed by atoms with E-state index in [0.29, 0.717) is 29.8 Å². The van der Waals surface area contributed by atoms with Gasteiger partial charge in [0.15, 0.2) is 0 Å². The number of nitrogens with one attached hydrogen (secondary N) is 2. The number of methoxy groups -OCH3 is 1. The van der Waals surface area contributed by atoms with Crippen molar-refractivity contribution >= 4 is 17.6 Å². The normalized spacial score (nSPS) is 16.1. The van der Waals surface area contributed by atoms with Crippen LogP contribution >= 0.6 is 0 Å². The molecule has 1 fully saturated rings. The maximum atomic E-state index is 14.8. The summed E-state index contributed by atoms with van der Waals surface area (Å²) in [6, 6.07) is 17.1. The average molecular weight is 491 g/mol. The molecular formula is C27H23F2N3O4. The highest BCUT2D eigenvalue weighted by atomic mass is 19.1. The van der Waals surface area contributed by atoms with Crippen molar-refractivity contribution in [1.82, 2.24) is 5.32 Å². The van der Waals surface area contributed by atoms with Crippen LogP contribution in [0.2, 0.25) is 0 Å². The fraction of sp³-hybridized carbons (Fsp3) is 0.222. The number of halogens is 2. The Hall–Kier alpha value is -4.29. The molecule has 0 radical (unpaired) electrons. The molecule has 1 aliphatic rings. The molecule has 0 spiro atoms. The standard InChI is InChI=1S/C27H23F2N3O4/c1-35-27(34)25-21(3-2-4-23(25)28)17-7-8-18(24(29)12-17)14-31-26(33)22-11-19(22)15-36-32-20-9-5-16(13-30)6-10-20/h2-10,12,19,22,32H,11,14-15H2,1H3,(H,31,33). The Morgan fingerprint density at radius 3 is 2.56 bits per heavy atom. The van der Waals surface area contributed by atoms with Gasteiger partial charge >= 0.3 is 5.97 Å². The van der Waals surface area contributed by atoms with Gasteiger partial charge in [-0.3, -0.25) is 15.1 Å². The maximum Gasteiger partial charge on any atom is 0.341 e. The molecular weight excluding hydrogens is 468 g/mol. The number of ether oxygens (including phenoxy) is 1. The number of anilines is 1. The van der Waals surface area contributed by atoms with Crippen LogP contribution in [0.4, 0.5) is 14.5 Å². The Balaban J connectivity index is 1.29. The molecule has 36 heavy (non-hydrogen) atoms. The van der Waals surface area contributed by atoms with Crippen LogP contribution in [-0.4, -0.2) is 25.6 Å². The molecule has 0 aliphatic heterocycles. The van der Waals surface area contributed by atoms with Crippen LogP contribution in [0, 0.1) is 34.8 Å². The predicted octanol–water partition coefficient (Wildman–Crippen LogP) is 4.59. The van der Waals surface area contributed by atoms with Crippen molar-refractivity contribution in [2.45, 2.75) is 13.0 Å². The predicted molar refractivity (Wildman–Crippen MR) is 127 cm³/mol. The van der Waals surface area contributed by atoms with Crippen molar-refractivity contribution in [1.29, 1.82) is 5.26 Å². The largest absolute Gasteiger partial charge is 0.465 e. The highest BCUT2D eigenvalue weighted by molar-refractivity contribution is 5.97. The highest BCUT2D eigenvalue weighted by Gasteiger charge is 2.43. The van der Waals surface area contributed by atoms with Crippen LogP contribution in [0.5, 0.6) is 0 Å². The smallest absolute Gasteiger partial charge is 0.341 e. The molecule has 0 aromatic heterocycles. The highest BCUT2D eigenvalue weighted by Crippen LogP contribution is 2.39. The molecule has 0 heterocycles. The van der Waals surface area contributed by atoms with Crippen LogP contribution in [0.1, 0.15) is 27.9 Å². The van der Waals surface area contributed by atoms with E-state index in [1.807, 2.05) is 6.07 Å². The quantitative estimate of drug-likeness (QED) is 0.336. The van der Waals surface area contributed by atoms with E-state index in [1.165, 1.54) is 24.3 Å². The molecule has 1 saturated carbocycles. The van der Waals surface area contributed by atoms with Gasteiger partial charge in [0.25, 0.3) is 0 Å². The van der Waals surface area contributed by atoms with Gasteiger partial charge < -0.3 is 10.1 Å². The van der Waals surface area contributed by atoms with Crippen molar-refractivity contribution in [3.8, 4) is 17.2 Å². The van der Waals surface area contributed by atoms with Gasteiger partial charge in [-0.1, -0.05) is 24.3 Å². The topological polar surface area (TPSA) is 100 Å². The van der Waals surface area contributed by atoms with Gasteiger partial charge in [-0.05, 0) is 59.9 Å². The molecule has 7 nitrogen and oxygen atoms in total. The molecule has 0 bridgehead atoms. The Kier molecular flexibility index (Phi) is 7.56. The zero-order chi connectivity index (χ0) is 25.7. The number of amides is 1. The molecule has 184 valence electrons.